The van der Waals surface area contributed by atoms with Crippen LogP contribution in [0.1, 0.15) is 0 Å². The maximum Gasteiger partial charge on any atom is 0.139 e. The average molecular weight is 351 g/mol. The van der Waals surface area contributed by atoms with Crippen LogP contribution in [-0.4, -0.2) is 13.1 Å². The highest BCUT2D eigenvalue weighted by Crippen LogP contribution is 2.38. The monoisotopic (exact) mass is 351 g/mol. The van der Waals surface area contributed by atoms with Gasteiger partial charge < -0.3 is 4.42 Å². The smallest absolute Gasteiger partial charge is 0.139 e. The third-order valence-electron chi connectivity index (χ3n) is 5.89. The summed E-state index contributed by atoms with van der Waals surface area (Å²) in [6.45, 7) is 4.91. The van der Waals surface area contributed by atoms with Crippen LogP contribution in [0.15, 0.2) is 71.3 Å². The van der Waals surface area contributed by atoms with Crippen LogP contribution in [0, 0.1) is 0 Å². The molecule has 0 saturated carbocycles. The molecule has 0 N–H and O–H groups in total. The van der Waals surface area contributed by atoms with E-state index in [1.54, 1.807) is 0 Å². The standard InChI is InChI=1S/C23H17NOSi/c1-26(2)19-9-5-8-17-20(19)21-18(25-17)12-13-24-22(21)16-11-10-14-6-3-4-7-15(14)23(16)26/h3-13H,1-2H3. The molecular weight excluding hydrogens is 334 g/mol. The van der Waals surface area contributed by atoms with Gasteiger partial charge in [-0.2, -0.15) is 0 Å². The largest absolute Gasteiger partial charge is 0.456 e. The van der Waals surface area contributed by atoms with Crippen molar-refractivity contribution in [3.8, 4) is 11.3 Å². The minimum absolute atomic E-state index is 0.934. The molecule has 0 radical (unpaired) electrons. The summed E-state index contributed by atoms with van der Waals surface area (Å²) in [6.07, 6.45) is 1.87. The number of pyridine rings is 1. The van der Waals surface area contributed by atoms with Crippen molar-refractivity contribution in [2.45, 2.75) is 13.1 Å². The van der Waals surface area contributed by atoms with Crippen LogP contribution < -0.4 is 10.4 Å². The Morgan fingerprint density at radius 1 is 0.808 bits per heavy atom. The lowest BCUT2D eigenvalue weighted by Gasteiger charge is -2.27. The lowest BCUT2D eigenvalue weighted by atomic mass is 10.0. The molecule has 0 bridgehead atoms. The molecule has 26 heavy (non-hydrogen) atoms. The second-order valence-electron chi connectivity index (χ2n) is 7.65. The number of rotatable bonds is 0. The van der Waals surface area contributed by atoms with Gasteiger partial charge in [-0.05, 0) is 33.3 Å². The van der Waals surface area contributed by atoms with Gasteiger partial charge >= 0.3 is 0 Å². The van der Waals surface area contributed by atoms with Gasteiger partial charge in [-0.25, -0.2) is 0 Å². The highest BCUT2D eigenvalue weighted by atomic mass is 28.3. The Labute approximate surface area is 152 Å². The summed E-state index contributed by atoms with van der Waals surface area (Å²) < 4.78 is 6.19. The van der Waals surface area contributed by atoms with Crippen LogP contribution in [0.3, 0.4) is 0 Å². The Hall–Kier alpha value is -2.91. The van der Waals surface area contributed by atoms with Crippen molar-refractivity contribution in [2.24, 2.45) is 0 Å². The summed E-state index contributed by atoms with van der Waals surface area (Å²) in [7, 11) is -1.96. The lowest BCUT2D eigenvalue weighted by Crippen LogP contribution is -2.53. The molecule has 0 saturated heterocycles. The van der Waals surface area contributed by atoms with Gasteiger partial charge in [-0.1, -0.05) is 61.6 Å². The van der Waals surface area contributed by atoms with Crippen LogP contribution in [-0.2, 0) is 0 Å². The maximum absolute atomic E-state index is 6.19. The average Bonchev–Trinajstić information content (AvgIpc) is 3.01. The van der Waals surface area contributed by atoms with Gasteiger partial charge in [0.05, 0.1) is 11.1 Å². The van der Waals surface area contributed by atoms with E-state index in [-0.39, 0.29) is 0 Å². The topological polar surface area (TPSA) is 26.0 Å². The molecule has 2 nitrogen and oxygen atoms in total. The van der Waals surface area contributed by atoms with Crippen molar-refractivity contribution in [3.05, 3.63) is 66.9 Å². The van der Waals surface area contributed by atoms with Crippen molar-refractivity contribution in [1.82, 2.24) is 4.98 Å². The first-order valence-electron chi connectivity index (χ1n) is 8.99. The van der Waals surface area contributed by atoms with E-state index in [2.05, 4.69) is 67.7 Å². The quantitative estimate of drug-likeness (QED) is 0.369. The Morgan fingerprint density at radius 2 is 1.65 bits per heavy atom. The van der Waals surface area contributed by atoms with Crippen LogP contribution in [0.2, 0.25) is 13.1 Å². The molecule has 0 atom stereocenters. The van der Waals surface area contributed by atoms with E-state index in [9.17, 15) is 0 Å². The minimum atomic E-state index is -1.96. The summed E-state index contributed by atoms with van der Waals surface area (Å²) in [6, 6.07) is 21.7. The minimum Gasteiger partial charge on any atom is -0.456 e. The number of nitrogens with zero attached hydrogens (tertiary/aromatic N) is 1. The molecule has 3 aromatic carbocycles. The fourth-order valence-electron chi connectivity index (χ4n) is 4.77. The van der Waals surface area contributed by atoms with E-state index in [1.807, 2.05) is 12.3 Å². The van der Waals surface area contributed by atoms with Crippen molar-refractivity contribution < 1.29 is 4.42 Å². The van der Waals surface area contributed by atoms with Gasteiger partial charge in [0.1, 0.15) is 19.2 Å². The molecule has 1 aliphatic heterocycles. The van der Waals surface area contributed by atoms with Gasteiger partial charge in [0, 0.05) is 17.1 Å². The second kappa shape index (κ2) is 4.62. The third-order valence-corrected chi connectivity index (χ3v) is 9.44. The summed E-state index contributed by atoms with van der Waals surface area (Å²) >= 11 is 0. The van der Waals surface area contributed by atoms with Crippen LogP contribution in [0.25, 0.3) is 44.0 Å². The van der Waals surface area contributed by atoms with Gasteiger partial charge in [-0.15, -0.1) is 0 Å². The van der Waals surface area contributed by atoms with E-state index in [0.29, 0.717) is 0 Å². The normalized spacial score (nSPS) is 14.8. The maximum atomic E-state index is 6.19. The van der Waals surface area contributed by atoms with Crippen molar-refractivity contribution >= 4 is 51.2 Å². The fraction of sp³-hybridized carbons (Fsp3) is 0.0870. The number of benzene rings is 3. The lowest BCUT2D eigenvalue weighted by molar-refractivity contribution is 0.668. The predicted octanol–water partition coefficient (Wildman–Crippen LogP) is 4.94. The van der Waals surface area contributed by atoms with Crippen molar-refractivity contribution in [3.63, 3.8) is 0 Å². The van der Waals surface area contributed by atoms with E-state index in [4.69, 9.17) is 9.40 Å². The van der Waals surface area contributed by atoms with Gasteiger partial charge in [0.2, 0.25) is 0 Å². The zero-order chi connectivity index (χ0) is 17.5. The SMILES string of the molecule is C[Si]1(C)c2c(ccc3ccccc23)-c2nccc3oc4cccc1c4c23. The molecule has 0 amide bonds. The first kappa shape index (κ1) is 14.3. The van der Waals surface area contributed by atoms with Crippen LogP contribution >= 0.6 is 0 Å². The predicted molar refractivity (Wildman–Crippen MR) is 111 cm³/mol. The molecule has 6 rings (SSSR count). The summed E-state index contributed by atoms with van der Waals surface area (Å²) in [5.41, 5.74) is 4.24. The molecule has 0 aliphatic carbocycles. The first-order chi connectivity index (χ1) is 12.7. The highest BCUT2D eigenvalue weighted by molar-refractivity contribution is 7.04. The van der Waals surface area contributed by atoms with E-state index in [0.717, 1.165) is 16.9 Å². The van der Waals surface area contributed by atoms with Gasteiger partial charge in [0.25, 0.3) is 0 Å². The first-order valence-corrected chi connectivity index (χ1v) is 12.0. The van der Waals surface area contributed by atoms with E-state index >= 15 is 0 Å². The Kier molecular flexibility index (Phi) is 2.54. The molecule has 3 heterocycles. The number of aromatic nitrogens is 1. The molecule has 0 spiro atoms. The number of hydrogen-bond donors (Lipinski definition) is 0. The van der Waals surface area contributed by atoms with Crippen LogP contribution in [0.4, 0.5) is 0 Å². The van der Waals surface area contributed by atoms with Gasteiger partial charge in [-0.3, -0.25) is 4.98 Å². The van der Waals surface area contributed by atoms with Gasteiger partial charge in [0.15, 0.2) is 0 Å². The zero-order valence-electron chi connectivity index (χ0n) is 14.7. The third kappa shape index (κ3) is 1.59. The molecule has 0 unspecified atom stereocenters. The Balaban J connectivity index is 1.96. The molecule has 0 fully saturated rings. The summed E-state index contributed by atoms with van der Waals surface area (Å²) in [5.74, 6) is 0. The zero-order valence-corrected chi connectivity index (χ0v) is 15.7. The molecule has 2 aromatic heterocycles. The number of fused-ring (bicyclic) bond motifs is 4. The Bertz CT molecular complexity index is 1360. The van der Waals surface area contributed by atoms with Crippen molar-refractivity contribution in [1.29, 1.82) is 0 Å². The fourth-order valence-corrected chi connectivity index (χ4v) is 8.20. The van der Waals surface area contributed by atoms with E-state index < -0.39 is 8.07 Å². The number of hydrogen-bond acceptors (Lipinski definition) is 2. The molecule has 3 heteroatoms. The highest BCUT2D eigenvalue weighted by Gasteiger charge is 2.37. The molecule has 124 valence electrons. The number of furan rings is 1. The Morgan fingerprint density at radius 3 is 2.58 bits per heavy atom. The summed E-state index contributed by atoms with van der Waals surface area (Å²) in [4.78, 5) is 4.83. The molecule has 5 aromatic rings. The summed E-state index contributed by atoms with van der Waals surface area (Å²) in [5, 5.41) is 8.03. The molecule has 1 aliphatic rings. The van der Waals surface area contributed by atoms with E-state index in [1.165, 1.54) is 37.5 Å². The second-order valence-corrected chi connectivity index (χ2v) is 11.9. The van der Waals surface area contributed by atoms with Crippen molar-refractivity contribution in [2.75, 3.05) is 0 Å². The molecular formula is C23H17NOSi. The van der Waals surface area contributed by atoms with Crippen LogP contribution in [0.5, 0.6) is 0 Å².